The van der Waals surface area contributed by atoms with E-state index < -0.39 is 0 Å². The molecule has 0 saturated heterocycles. The predicted octanol–water partition coefficient (Wildman–Crippen LogP) is 2.51. The van der Waals surface area contributed by atoms with Crippen molar-refractivity contribution in [1.29, 1.82) is 0 Å². The Balaban J connectivity index is 1.60. The van der Waals surface area contributed by atoms with E-state index in [0.717, 1.165) is 11.1 Å². The van der Waals surface area contributed by atoms with Crippen LogP contribution in [0.5, 0.6) is 0 Å². The third kappa shape index (κ3) is 3.00. The number of amides is 1. The first kappa shape index (κ1) is 14.8. The minimum absolute atomic E-state index is 0.252. The normalized spacial score (nSPS) is 10.6. The molecule has 2 heterocycles. The lowest BCUT2D eigenvalue weighted by atomic mass is 10.1. The molecule has 8 nitrogen and oxygen atoms in total. The highest BCUT2D eigenvalue weighted by Crippen LogP contribution is 2.23. The van der Waals surface area contributed by atoms with Gasteiger partial charge in [0.25, 0.3) is 5.91 Å². The van der Waals surface area contributed by atoms with Gasteiger partial charge in [-0.1, -0.05) is 42.5 Å². The molecule has 0 bridgehead atoms. The maximum absolute atomic E-state index is 12.6. The van der Waals surface area contributed by atoms with Crippen LogP contribution in [-0.4, -0.2) is 36.7 Å². The van der Waals surface area contributed by atoms with E-state index in [9.17, 15) is 4.79 Å². The van der Waals surface area contributed by atoms with E-state index in [4.69, 9.17) is 0 Å². The van der Waals surface area contributed by atoms with Crippen LogP contribution in [-0.2, 0) is 0 Å². The number of anilines is 1. The van der Waals surface area contributed by atoms with Crippen molar-refractivity contribution in [3.8, 4) is 22.6 Å². The summed E-state index contributed by atoms with van der Waals surface area (Å²) in [6.07, 6.45) is 1.51. The Labute approximate surface area is 142 Å². The zero-order chi connectivity index (χ0) is 17.1. The molecule has 25 heavy (non-hydrogen) atoms. The maximum atomic E-state index is 12.6. The van der Waals surface area contributed by atoms with Gasteiger partial charge in [0, 0.05) is 16.8 Å². The van der Waals surface area contributed by atoms with Crippen LogP contribution >= 0.6 is 0 Å². The average Bonchev–Trinajstić information content (AvgIpc) is 3.34. The van der Waals surface area contributed by atoms with Crippen molar-refractivity contribution < 1.29 is 4.79 Å². The molecule has 122 valence electrons. The summed E-state index contributed by atoms with van der Waals surface area (Å²) in [6, 6.07) is 16.8. The Morgan fingerprint density at radius 1 is 1.00 bits per heavy atom. The van der Waals surface area contributed by atoms with Crippen LogP contribution in [0.2, 0.25) is 0 Å². The van der Waals surface area contributed by atoms with Gasteiger partial charge in [-0.2, -0.15) is 10.3 Å². The minimum atomic E-state index is -0.252. The van der Waals surface area contributed by atoms with Crippen LogP contribution in [0.1, 0.15) is 10.4 Å². The highest BCUT2D eigenvalue weighted by Gasteiger charge is 2.15. The van der Waals surface area contributed by atoms with Crippen molar-refractivity contribution in [2.75, 3.05) is 5.32 Å². The average molecular weight is 331 g/mol. The Morgan fingerprint density at radius 3 is 2.64 bits per heavy atom. The van der Waals surface area contributed by atoms with Crippen molar-refractivity contribution in [2.24, 2.45) is 0 Å². The van der Waals surface area contributed by atoms with Gasteiger partial charge in [0.15, 0.2) is 0 Å². The standard InChI is InChI=1S/C17H13N7O/c25-17(14-10-18-20-15(14)11-5-2-1-3-6-11)19-13-8-4-7-12(9-13)16-21-23-24-22-16/h1-10H,(H,18,20)(H,19,25)(H,21,22,23,24). The van der Waals surface area contributed by atoms with Crippen molar-refractivity contribution in [3.63, 3.8) is 0 Å². The molecule has 4 rings (SSSR count). The number of tetrazole rings is 1. The second-order valence-corrected chi connectivity index (χ2v) is 5.30. The summed E-state index contributed by atoms with van der Waals surface area (Å²) in [4.78, 5) is 12.6. The van der Waals surface area contributed by atoms with Crippen molar-refractivity contribution in [2.45, 2.75) is 0 Å². The van der Waals surface area contributed by atoms with E-state index in [-0.39, 0.29) is 5.91 Å². The number of benzene rings is 2. The monoisotopic (exact) mass is 331 g/mol. The first-order chi connectivity index (χ1) is 12.3. The Hall–Kier alpha value is -3.81. The number of carbonyl (C=O) groups is 1. The molecule has 0 atom stereocenters. The van der Waals surface area contributed by atoms with Gasteiger partial charge in [-0.15, -0.1) is 10.2 Å². The van der Waals surface area contributed by atoms with Crippen LogP contribution in [0.15, 0.2) is 60.8 Å². The molecule has 0 unspecified atom stereocenters. The lowest BCUT2D eigenvalue weighted by Gasteiger charge is -2.07. The van der Waals surface area contributed by atoms with Gasteiger partial charge < -0.3 is 5.32 Å². The zero-order valence-corrected chi connectivity index (χ0v) is 13.0. The van der Waals surface area contributed by atoms with E-state index in [0.29, 0.717) is 22.8 Å². The molecule has 2 aromatic heterocycles. The topological polar surface area (TPSA) is 112 Å². The first-order valence-electron chi connectivity index (χ1n) is 7.55. The van der Waals surface area contributed by atoms with Crippen LogP contribution in [0.4, 0.5) is 5.69 Å². The Morgan fingerprint density at radius 2 is 1.84 bits per heavy atom. The fourth-order valence-corrected chi connectivity index (χ4v) is 2.50. The molecule has 8 heteroatoms. The van der Waals surface area contributed by atoms with Gasteiger partial charge in [-0.25, -0.2) is 0 Å². The molecule has 0 saturated carbocycles. The van der Waals surface area contributed by atoms with Gasteiger partial charge in [0.05, 0.1) is 17.5 Å². The molecule has 0 aliphatic heterocycles. The Kier molecular flexibility index (Phi) is 3.76. The van der Waals surface area contributed by atoms with Gasteiger partial charge >= 0.3 is 0 Å². The van der Waals surface area contributed by atoms with Gasteiger partial charge in [-0.3, -0.25) is 9.89 Å². The van der Waals surface area contributed by atoms with E-state index in [1.54, 1.807) is 12.1 Å². The summed E-state index contributed by atoms with van der Waals surface area (Å²) in [6.45, 7) is 0. The molecule has 0 spiro atoms. The number of aromatic nitrogens is 6. The largest absolute Gasteiger partial charge is 0.322 e. The second-order valence-electron chi connectivity index (χ2n) is 5.30. The number of H-pyrrole nitrogens is 2. The molecule has 1 amide bonds. The summed E-state index contributed by atoms with van der Waals surface area (Å²) in [5.41, 5.74) is 3.42. The molecule has 0 radical (unpaired) electrons. The van der Waals surface area contributed by atoms with E-state index in [1.165, 1.54) is 6.20 Å². The van der Waals surface area contributed by atoms with Crippen molar-refractivity contribution in [3.05, 3.63) is 66.4 Å². The first-order valence-corrected chi connectivity index (χ1v) is 7.55. The van der Waals surface area contributed by atoms with Gasteiger partial charge in [0.1, 0.15) is 0 Å². The van der Waals surface area contributed by atoms with Gasteiger partial charge in [-0.05, 0) is 17.3 Å². The highest BCUT2D eigenvalue weighted by molar-refractivity contribution is 6.08. The summed E-state index contributed by atoms with van der Waals surface area (Å²) < 4.78 is 0. The highest BCUT2D eigenvalue weighted by atomic mass is 16.1. The summed E-state index contributed by atoms with van der Waals surface area (Å²) in [7, 11) is 0. The van der Waals surface area contributed by atoms with Crippen LogP contribution < -0.4 is 5.32 Å². The molecule has 0 fully saturated rings. The summed E-state index contributed by atoms with van der Waals surface area (Å²) in [5, 5.41) is 23.6. The summed E-state index contributed by atoms with van der Waals surface area (Å²) >= 11 is 0. The number of rotatable bonds is 4. The molecule has 0 aliphatic rings. The molecular formula is C17H13N7O. The number of nitrogens with zero attached hydrogens (tertiary/aromatic N) is 4. The fraction of sp³-hybridized carbons (Fsp3) is 0. The second kappa shape index (κ2) is 6.36. The van der Waals surface area contributed by atoms with E-state index in [2.05, 4.69) is 36.1 Å². The molecule has 3 N–H and O–H groups in total. The lowest BCUT2D eigenvalue weighted by Crippen LogP contribution is -2.12. The Bertz CT molecular complexity index is 993. The smallest absolute Gasteiger partial charge is 0.259 e. The summed E-state index contributed by atoms with van der Waals surface area (Å²) in [5.74, 6) is 0.210. The maximum Gasteiger partial charge on any atom is 0.259 e. The SMILES string of the molecule is O=C(Nc1cccc(-c2nn[nH]n2)c1)c1cn[nH]c1-c1ccccc1. The molecule has 0 aliphatic carbocycles. The van der Waals surface area contributed by atoms with Crippen molar-refractivity contribution >= 4 is 11.6 Å². The fourth-order valence-electron chi connectivity index (χ4n) is 2.50. The number of aromatic amines is 2. The van der Waals surface area contributed by atoms with Crippen LogP contribution in [0, 0.1) is 0 Å². The zero-order valence-electron chi connectivity index (χ0n) is 13.0. The van der Waals surface area contributed by atoms with Crippen molar-refractivity contribution in [1.82, 2.24) is 30.8 Å². The van der Waals surface area contributed by atoms with Crippen LogP contribution in [0.25, 0.3) is 22.6 Å². The third-order valence-electron chi connectivity index (χ3n) is 3.67. The molecule has 2 aromatic carbocycles. The van der Waals surface area contributed by atoms with E-state index >= 15 is 0 Å². The quantitative estimate of drug-likeness (QED) is 0.532. The number of carbonyl (C=O) groups excluding carboxylic acids is 1. The predicted molar refractivity (Wildman–Crippen MR) is 91.6 cm³/mol. The third-order valence-corrected chi connectivity index (χ3v) is 3.67. The number of hydrogen-bond acceptors (Lipinski definition) is 5. The van der Waals surface area contributed by atoms with E-state index in [1.807, 2.05) is 42.5 Å². The molecular weight excluding hydrogens is 318 g/mol. The molecule has 4 aromatic rings. The van der Waals surface area contributed by atoms with Gasteiger partial charge in [0.2, 0.25) is 5.82 Å². The lowest BCUT2D eigenvalue weighted by molar-refractivity contribution is 0.102. The number of hydrogen-bond donors (Lipinski definition) is 3. The minimum Gasteiger partial charge on any atom is -0.322 e. The number of nitrogens with one attached hydrogen (secondary N) is 3. The van der Waals surface area contributed by atoms with Crippen LogP contribution in [0.3, 0.4) is 0 Å².